The quantitative estimate of drug-likeness (QED) is 0.191. The number of hydrogen-bond donors (Lipinski definition) is 0. The van der Waals surface area contributed by atoms with Crippen LogP contribution in [0.4, 0.5) is 0 Å². The van der Waals surface area contributed by atoms with Crippen LogP contribution in [0.3, 0.4) is 0 Å². The molecule has 0 bridgehead atoms. The molecule has 4 aromatic carbocycles. The third kappa shape index (κ3) is 4.83. The van der Waals surface area contributed by atoms with Crippen LogP contribution in [0.1, 0.15) is 59.7 Å². The van der Waals surface area contributed by atoms with E-state index in [1.807, 2.05) is 0 Å². The van der Waals surface area contributed by atoms with Gasteiger partial charge in [-0.2, -0.15) is 0 Å². The Morgan fingerprint density at radius 3 is 1.39 bits per heavy atom. The Bertz CT molecular complexity index is 1250. The molecule has 0 saturated carbocycles. The minimum atomic E-state index is -0.242. The first-order chi connectivity index (χ1) is 17.3. The van der Waals surface area contributed by atoms with E-state index < -0.39 is 0 Å². The first kappa shape index (κ1) is 24.3. The third-order valence-electron chi connectivity index (χ3n) is 7.86. The lowest BCUT2D eigenvalue weighted by Crippen LogP contribution is -2.26. The van der Waals surface area contributed by atoms with Crippen LogP contribution in [0.25, 0.3) is 0 Å². The van der Waals surface area contributed by atoms with Crippen LogP contribution >= 0.6 is 0 Å². The van der Waals surface area contributed by atoms with Crippen molar-refractivity contribution in [2.45, 2.75) is 51.6 Å². The molecule has 1 unspecified atom stereocenters. The summed E-state index contributed by atoms with van der Waals surface area (Å²) in [6.45, 7) is 12.6. The predicted octanol–water partition coefficient (Wildman–Crippen LogP) is 7.76. The summed E-state index contributed by atoms with van der Waals surface area (Å²) in [6, 6.07) is 35.6. The molecule has 0 N–H and O–H groups in total. The average Bonchev–Trinajstić information content (AvgIpc) is 3.73. The number of benzene rings is 4. The van der Waals surface area contributed by atoms with E-state index in [-0.39, 0.29) is 16.9 Å². The summed E-state index contributed by atoms with van der Waals surface area (Å²) in [6.07, 6.45) is 0.269. The highest BCUT2D eigenvalue weighted by atomic mass is 16.6. The van der Waals surface area contributed by atoms with Crippen molar-refractivity contribution in [2.75, 3.05) is 13.2 Å². The molecule has 1 atom stereocenters. The largest absolute Gasteiger partial charge is 0.491 e. The second kappa shape index (κ2) is 9.59. The van der Waals surface area contributed by atoms with Gasteiger partial charge in [-0.1, -0.05) is 110 Å². The number of epoxide rings is 1. The molecule has 2 nitrogen and oxygen atoms in total. The standard InChI is InChI=1S/C34H36O2/c1-24-6-10-28(11-7-24)34(5,29-12-8-25(2)9-13-29)30-16-14-26(15-17-30)33(3,4)27-18-20-31(21-19-27)35-22-32-23-36-32/h6-21,32H,22-23H2,1-5H3. The molecule has 1 heterocycles. The van der Waals surface area contributed by atoms with E-state index in [0.717, 1.165) is 12.4 Å². The Morgan fingerprint density at radius 2 is 0.972 bits per heavy atom. The molecule has 1 fully saturated rings. The first-order valence-electron chi connectivity index (χ1n) is 12.9. The molecule has 1 aliphatic rings. The maximum Gasteiger partial charge on any atom is 0.119 e. The van der Waals surface area contributed by atoms with Gasteiger partial charge in [0.2, 0.25) is 0 Å². The molecule has 2 heteroatoms. The summed E-state index contributed by atoms with van der Waals surface area (Å²) in [4.78, 5) is 0. The molecule has 4 aromatic rings. The van der Waals surface area contributed by atoms with Crippen LogP contribution in [0, 0.1) is 13.8 Å². The van der Waals surface area contributed by atoms with Gasteiger partial charge >= 0.3 is 0 Å². The molecule has 36 heavy (non-hydrogen) atoms. The second-order valence-electron chi connectivity index (χ2n) is 10.9. The Balaban J connectivity index is 1.46. The molecular weight excluding hydrogens is 440 g/mol. The molecule has 5 rings (SSSR count). The number of ether oxygens (including phenoxy) is 2. The number of aryl methyl sites for hydroxylation is 2. The van der Waals surface area contributed by atoms with Gasteiger partial charge in [0.15, 0.2) is 0 Å². The number of rotatable bonds is 8. The first-order valence-corrected chi connectivity index (χ1v) is 12.9. The lowest BCUT2D eigenvalue weighted by molar-refractivity contribution is 0.263. The van der Waals surface area contributed by atoms with Gasteiger partial charge in [0.1, 0.15) is 18.5 Å². The summed E-state index contributed by atoms with van der Waals surface area (Å²) in [5.41, 5.74) is 8.65. The van der Waals surface area contributed by atoms with Gasteiger partial charge in [0, 0.05) is 10.8 Å². The molecule has 0 spiro atoms. The van der Waals surface area contributed by atoms with Gasteiger partial charge in [-0.05, 0) is 60.7 Å². The zero-order valence-corrected chi connectivity index (χ0v) is 22.0. The van der Waals surface area contributed by atoms with E-state index in [9.17, 15) is 0 Å². The molecule has 1 aliphatic heterocycles. The van der Waals surface area contributed by atoms with Gasteiger partial charge in [0.25, 0.3) is 0 Å². The summed E-state index contributed by atoms with van der Waals surface area (Å²) in [7, 11) is 0. The second-order valence-corrected chi connectivity index (χ2v) is 10.9. The van der Waals surface area contributed by atoms with E-state index in [1.165, 1.54) is 38.9 Å². The van der Waals surface area contributed by atoms with Gasteiger partial charge in [0.05, 0.1) is 6.61 Å². The molecule has 184 valence electrons. The SMILES string of the molecule is Cc1ccc(C(C)(c2ccc(C)cc2)c2ccc(C(C)(C)c3ccc(OCC4CO4)cc3)cc2)cc1. The minimum Gasteiger partial charge on any atom is -0.491 e. The lowest BCUT2D eigenvalue weighted by Gasteiger charge is -2.33. The molecule has 0 radical (unpaired) electrons. The van der Waals surface area contributed by atoms with Crippen molar-refractivity contribution in [3.05, 3.63) is 136 Å². The van der Waals surface area contributed by atoms with Crippen molar-refractivity contribution in [2.24, 2.45) is 0 Å². The van der Waals surface area contributed by atoms with E-state index in [0.29, 0.717) is 6.61 Å². The van der Waals surface area contributed by atoms with Crippen LogP contribution in [0.5, 0.6) is 5.75 Å². The summed E-state index contributed by atoms with van der Waals surface area (Å²) in [5.74, 6) is 0.896. The Hall–Kier alpha value is -3.36. The Morgan fingerprint density at radius 1 is 0.611 bits per heavy atom. The maximum absolute atomic E-state index is 5.83. The van der Waals surface area contributed by atoms with Crippen LogP contribution < -0.4 is 4.74 Å². The van der Waals surface area contributed by atoms with Crippen molar-refractivity contribution < 1.29 is 9.47 Å². The van der Waals surface area contributed by atoms with Crippen LogP contribution in [0.15, 0.2) is 97.1 Å². The Kier molecular flexibility index (Phi) is 6.49. The molecular formula is C34H36O2. The fraction of sp³-hybridized carbons (Fsp3) is 0.294. The zero-order chi connectivity index (χ0) is 25.3. The van der Waals surface area contributed by atoms with E-state index in [4.69, 9.17) is 9.47 Å². The fourth-order valence-corrected chi connectivity index (χ4v) is 4.98. The van der Waals surface area contributed by atoms with E-state index in [1.54, 1.807) is 0 Å². The molecule has 0 amide bonds. The van der Waals surface area contributed by atoms with Crippen molar-refractivity contribution in [3.63, 3.8) is 0 Å². The van der Waals surface area contributed by atoms with E-state index in [2.05, 4.69) is 132 Å². The average molecular weight is 477 g/mol. The highest BCUT2D eigenvalue weighted by molar-refractivity contribution is 5.52. The van der Waals surface area contributed by atoms with Gasteiger partial charge in [-0.25, -0.2) is 0 Å². The number of hydrogen-bond acceptors (Lipinski definition) is 2. The summed E-state index contributed by atoms with van der Waals surface area (Å²) >= 11 is 0. The molecule has 0 aliphatic carbocycles. The van der Waals surface area contributed by atoms with Crippen LogP contribution in [0.2, 0.25) is 0 Å². The highest BCUT2D eigenvalue weighted by Crippen LogP contribution is 2.40. The fourth-order valence-electron chi connectivity index (χ4n) is 4.98. The smallest absolute Gasteiger partial charge is 0.119 e. The van der Waals surface area contributed by atoms with E-state index >= 15 is 0 Å². The van der Waals surface area contributed by atoms with Crippen molar-refractivity contribution in [1.82, 2.24) is 0 Å². The lowest BCUT2D eigenvalue weighted by atomic mass is 9.70. The normalized spacial score (nSPS) is 15.5. The van der Waals surface area contributed by atoms with Crippen molar-refractivity contribution in [1.29, 1.82) is 0 Å². The maximum atomic E-state index is 5.83. The van der Waals surface area contributed by atoms with Gasteiger partial charge < -0.3 is 9.47 Å². The predicted molar refractivity (Wildman–Crippen MR) is 148 cm³/mol. The highest BCUT2D eigenvalue weighted by Gasteiger charge is 2.32. The topological polar surface area (TPSA) is 21.8 Å². The van der Waals surface area contributed by atoms with Gasteiger partial charge in [-0.15, -0.1) is 0 Å². The molecule has 1 saturated heterocycles. The summed E-state index contributed by atoms with van der Waals surface area (Å²) in [5, 5.41) is 0. The van der Waals surface area contributed by atoms with Crippen molar-refractivity contribution >= 4 is 0 Å². The van der Waals surface area contributed by atoms with Crippen LogP contribution in [-0.2, 0) is 15.6 Å². The van der Waals surface area contributed by atoms with Crippen molar-refractivity contribution in [3.8, 4) is 5.75 Å². The Labute approximate surface area is 215 Å². The van der Waals surface area contributed by atoms with Gasteiger partial charge in [-0.3, -0.25) is 0 Å². The van der Waals surface area contributed by atoms with Crippen LogP contribution in [-0.4, -0.2) is 19.3 Å². The zero-order valence-electron chi connectivity index (χ0n) is 22.0. The molecule has 0 aromatic heterocycles. The minimum absolute atomic E-state index is 0.124. The summed E-state index contributed by atoms with van der Waals surface area (Å²) < 4.78 is 11.1. The third-order valence-corrected chi connectivity index (χ3v) is 7.86. The monoisotopic (exact) mass is 476 g/mol.